The molecule has 3 rings (SSSR count). The van der Waals surface area contributed by atoms with Gasteiger partial charge in [0.05, 0.1) is 36.4 Å². The van der Waals surface area contributed by atoms with Gasteiger partial charge in [0.15, 0.2) is 0 Å². The molecule has 0 saturated carbocycles. The molecule has 1 fully saturated rings. The lowest BCUT2D eigenvalue weighted by Gasteiger charge is -2.37. The molecule has 10 nitrogen and oxygen atoms in total. The molecule has 0 amide bonds. The number of ether oxygens (including phenoxy) is 4. The molecule has 3 N–H and O–H groups in total. The Morgan fingerprint density at radius 2 is 1.88 bits per heavy atom. The molecule has 0 bridgehead atoms. The second-order valence-corrected chi connectivity index (χ2v) is 15.0. The lowest BCUT2D eigenvalue weighted by Crippen LogP contribution is -2.52. The van der Waals surface area contributed by atoms with Crippen LogP contribution in [0.1, 0.15) is 79.7 Å². The summed E-state index contributed by atoms with van der Waals surface area (Å²) in [6.07, 6.45) is 6.41. The molecule has 2 aliphatic rings. The second kappa shape index (κ2) is 18.3. The smallest absolute Gasteiger partial charge is 0.309 e. The standard InChI is InChI=1S/C39H58ClNO9/c1-10-31(47-9)26(4)35-36(50-35)37(41(8)23-28-14-16-29(40)17-15-28)39(7,46)20-11-12-24(2)34-25(3)13-18-32(48-27(5)42)38(6,45)21-19-30(43)22-33(44)49-34/h11-18,20,25-26,30-32,34-37,43,45-46H,10,19,21-23H2,1-9H3. The van der Waals surface area contributed by atoms with Gasteiger partial charge in [-0.05, 0) is 76.4 Å². The lowest BCUT2D eigenvalue weighted by atomic mass is 9.86. The Morgan fingerprint density at radius 1 is 1.22 bits per heavy atom. The van der Waals surface area contributed by atoms with Gasteiger partial charge in [0.1, 0.15) is 23.9 Å². The van der Waals surface area contributed by atoms with Crippen molar-refractivity contribution in [3.8, 4) is 0 Å². The quantitative estimate of drug-likeness (QED) is 0.103. The third-order valence-corrected chi connectivity index (χ3v) is 10.2. The third kappa shape index (κ3) is 11.7. The van der Waals surface area contributed by atoms with Gasteiger partial charge in [0.25, 0.3) is 0 Å². The minimum atomic E-state index is -1.46. The van der Waals surface area contributed by atoms with Crippen molar-refractivity contribution in [1.82, 2.24) is 4.90 Å². The van der Waals surface area contributed by atoms with Crippen LogP contribution < -0.4 is 0 Å². The molecule has 2 aliphatic heterocycles. The first-order valence-electron chi connectivity index (χ1n) is 17.6. The Hall–Kier alpha value is -2.57. The molecule has 50 heavy (non-hydrogen) atoms. The van der Waals surface area contributed by atoms with Crippen LogP contribution >= 0.6 is 11.6 Å². The summed E-state index contributed by atoms with van der Waals surface area (Å²) in [6, 6.07) is 7.21. The number of halogens is 1. The number of likely N-dealkylation sites (N-methyl/N-ethyl adjacent to an activating group) is 1. The van der Waals surface area contributed by atoms with Gasteiger partial charge in [-0.25, -0.2) is 0 Å². The molecular formula is C39H58ClNO9. The van der Waals surface area contributed by atoms with Crippen LogP contribution in [-0.2, 0) is 35.1 Å². The van der Waals surface area contributed by atoms with Crippen LogP contribution in [-0.4, -0.2) is 100 Å². The van der Waals surface area contributed by atoms with Crippen LogP contribution in [0.4, 0.5) is 0 Å². The van der Waals surface area contributed by atoms with Crippen LogP contribution in [0.2, 0.25) is 5.02 Å². The summed E-state index contributed by atoms with van der Waals surface area (Å²) in [6.45, 7) is 13.0. The molecule has 11 atom stereocenters. The highest BCUT2D eigenvalue weighted by atomic mass is 35.5. The van der Waals surface area contributed by atoms with Gasteiger partial charge in [-0.3, -0.25) is 14.5 Å². The van der Waals surface area contributed by atoms with Crippen molar-refractivity contribution in [3.63, 3.8) is 0 Å². The molecule has 1 saturated heterocycles. The number of aliphatic hydroxyl groups is 3. The van der Waals surface area contributed by atoms with Crippen molar-refractivity contribution in [2.75, 3.05) is 14.2 Å². The molecule has 1 aromatic carbocycles. The Kier molecular flexibility index (Phi) is 15.3. The highest BCUT2D eigenvalue weighted by molar-refractivity contribution is 6.30. The van der Waals surface area contributed by atoms with Crippen LogP contribution in [0.15, 0.2) is 60.2 Å². The number of aliphatic hydroxyl groups excluding tert-OH is 1. The first-order valence-corrected chi connectivity index (χ1v) is 17.9. The number of epoxide rings is 1. The van der Waals surface area contributed by atoms with Gasteiger partial charge in [0, 0.05) is 37.4 Å². The fraction of sp³-hybridized carbons (Fsp3) is 0.641. The van der Waals surface area contributed by atoms with Gasteiger partial charge in [-0.15, -0.1) is 0 Å². The number of esters is 2. The second-order valence-electron chi connectivity index (χ2n) is 14.5. The zero-order valence-corrected chi connectivity index (χ0v) is 31.8. The molecule has 11 unspecified atom stereocenters. The van der Waals surface area contributed by atoms with Crippen LogP contribution in [0, 0.1) is 11.8 Å². The number of methoxy groups -OCH3 is 1. The average Bonchev–Trinajstić information content (AvgIpc) is 3.81. The maximum atomic E-state index is 12.9. The predicted molar refractivity (Wildman–Crippen MR) is 193 cm³/mol. The molecule has 1 aromatic rings. The monoisotopic (exact) mass is 719 g/mol. The summed E-state index contributed by atoms with van der Waals surface area (Å²) < 4.78 is 23.3. The third-order valence-electron chi connectivity index (χ3n) is 9.96. The van der Waals surface area contributed by atoms with Crippen molar-refractivity contribution in [1.29, 1.82) is 0 Å². The van der Waals surface area contributed by atoms with E-state index in [0.29, 0.717) is 17.1 Å². The van der Waals surface area contributed by atoms with Crippen molar-refractivity contribution >= 4 is 23.5 Å². The minimum absolute atomic E-state index is 0.0273. The summed E-state index contributed by atoms with van der Waals surface area (Å²) in [5.41, 5.74) is -1.06. The number of allylic oxidation sites excluding steroid dienone is 2. The summed E-state index contributed by atoms with van der Waals surface area (Å²) >= 11 is 6.13. The first-order chi connectivity index (χ1) is 23.4. The van der Waals surface area contributed by atoms with Crippen molar-refractivity contribution in [2.45, 2.75) is 135 Å². The Bertz CT molecular complexity index is 1350. The Morgan fingerprint density at radius 3 is 2.48 bits per heavy atom. The minimum Gasteiger partial charge on any atom is -0.457 e. The van der Waals surface area contributed by atoms with Gasteiger partial charge in [-0.1, -0.05) is 68.8 Å². The summed E-state index contributed by atoms with van der Waals surface area (Å²) in [4.78, 5) is 26.8. The van der Waals surface area contributed by atoms with E-state index in [4.69, 9.17) is 30.5 Å². The number of benzene rings is 1. The maximum absolute atomic E-state index is 12.9. The van der Waals surface area contributed by atoms with Crippen molar-refractivity contribution in [3.05, 3.63) is 70.8 Å². The molecular weight excluding hydrogens is 662 g/mol. The fourth-order valence-electron chi connectivity index (χ4n) is 7.00. The number of rotatable bonds is 13. The van der Waals surface area contributed by atoms with Gasteiger partial charge < -0.3 is 34.3 Å². The Labute approximate surface area is 303 Å². The summed E-state index contributed by atoms with van der Waals surface area (Å²) in [5, 5.41) is 34.3. The fourth-order valence-corrected chi connectivity index (χ4v) is 7.13. The largest absolute Gasteiger partial charge is 0.457 e. The van der Waals surface area contributed by atoms with E-state index in [9.17, 15) is 24.9 Å². The van der Waals surface area contributed by atoms with Crippen LogP contribution in [0.5, 0.6) is 0 Å². The van der Waals surface area contributed by atoms with E-state index in [2.05, 4.69) is 18.7 Å². The number of cyclic esters (lactones) is 1. The molecule has 0 spiro atoms. The van der Waals surface area contributed by atoms with Gasteiger partial charge >= 0.3 is 11.9 Å². The molecule has 11 heteroatoms. The lowest BCUT2D eigenvalue weighted by molar-refractivity contribution is -0.157. The van der Waals surface area contributed by atoms with Gasteiger partial charge in [0.2, 0.25) is 0 Å². The van der Waals surface area contributed by atoms with Crippen LogP contribution in [0.3, 0.4) is 0 Å². The van der Waals surface area contributed by atoms with E-state index in [1.54, 1.807) is 51.3 Å². The highest BCUT2D eigenvalue weighted by Gasteiger charge is 2.55. The molecule has 0 aliphatic carbocycles. The SMILES string of the molecule is CCC(OC)C(C)C1OC1C(N(C)Cc1ccc(Cl)cc1)C(C)(O)C=CC=C(C)C1OC(=O)CC(O)CCC(C)(O)C(OC(C)=O)C=CC1C. The maximum Gasteiger partial charge on any atom is 0.309 e. The van der Waals surface area contributed by atoms with Crippen molar-refractivity contribution < 1.29 is 43.9 Å². The number of hydrogen-bond donors (Lipinski definition) is 3. The van der Waals surface area contributed by atoms with Crippen molar-refractivity contribution in [2.24, 2.45) is 11.8 Å². The number of carbonyl (C=O) groups is 2. The van der Waals surface area contributed by atoms with E-state index in [1.807, 2.05) is 45.2 Å². The van der Waals surface area contributed by atoms with E-state index in [1.165, 1.54) is 6.92 Å². The number of nitrogens with zero attached hydrogens (tertiary/aromatic N) is 1. The number of carbonyl (C=O) groups excluding carboxylic acids is 2. The average molecular weight is 720 g/mol. The Balaban J connectivity index is 1.91. The van der Waals surface area contributed by atoms with E-state index >= 15 is 0 Å². The normalized spacial score (nSPS) is 31.2. The van der Waals surface area contributed by atoms with Gasteiger partial charge in [-0.2, -0.15) is 0 Å². The topological polar surface area (TPSA) is 138 Å². The highest BCUT2D eigenvalue weighted by Crippen LogP contribution is 2.41. The summed E-state index contributed by atoms with van der Waals surface area (Å²) in [5.74, 6) is -1.38. The zero-order chi connectivity index (χ0) is 37.4. The van der Waals surface area contributed by atoms with Crippen LogP contribution in [0.25, 0.3) is 0 Å². The first kappa shape index (κ1) is 41.8. The number of hydrogen-bond acceptors (Lipinski definition) is 10. The van der Waals surface area contributed by atoms with E-state index in [0.717, 1.165) is 12.0 Å². The van der Waals surface area contributed by atoms with E-state index in [-0.39, 0.29) is 49.4 Å². The zero-order valence-electron chi connectivity index (χ0n) is 31.0. The molecule has 0 aromatic heterocycles. The molecule has 280 valence electrons. The predicted octanol–water partition coefficient (Wildman–Crippen LogP) is 5.55. The molecule has 0 radical (unpaired) electrons. The summed E-state index contributed by atoms with van der Waals surface area (Å²) in [7, 11) is 3.67. The molecule has 2 heterocycles. The van der Waals surface area contributed by atoms with E-state index < -0.39 is 47.5 Å².